The fourth-order valence-corrected chi connectivity index (χ4v) is 4.50. The number of nitrogens with zero attached hydrogens (tertiary/aromatic N) is 2. The number of rotatable bonds is 2. The van der Waals surface area contributed by atoms with Gasteiger partial charge in [-0.3, -0.25) is 4.90 Å². The molecule has 1 N–H and O–H groups in total. The lowest BCUT2D eigenvalue weighted by atomic mass is 9.89. The van der Waals surface area contributed by atoms with Crippen molar-refractivity contribution < 1.29 is 4.39 Å². The fourth-order valence-electron chi connectivity index (χ4n) is 4.50. The van der Waals surface area contributed by atoms with E-state index in [-0.39, 0.29) is 5.82 Å². The molecule has 2 fully saturated rings. The Hall–Kier alpha value is -1.39. The standard InChI is InChI=1S/C19H26FN3/c1-14-5-6-18(20)17-7-10-23(19(14)17)16-4-2-3-15(13-16)22-11-8-21-9-12-22/h5-7,10,15-16,21H,2-4,8-9,11-13H2,1H3/t15-,16-/m1/s1. The molecule has 0 amide bonds. The van der Waals surface area contributed by atoms with Crippen LogP contribution in [0.25, 0.3) is 10.9 Å². The average Bonchev–Trinajstić information content (AvgIpc) is 3.06. The molecular formula is C19H26FN3. The van der Waals surface area contributed by atoms with Gasteiger partial charge in [0.1, 0.15) is 5.82 Å². The van der Waals surface area contributed by atoms with Crippen molar-refractivity contribution in [2.75, 3.05) is 26.2 Å². The second kappa shape index (κ2) is 6.25. The summed E-state index contributed by atoms with van der Waals surface area (Å²) >= 11 is 0. The van der Waals surface area contributed by atoms with Crippen LogP contribution in [0.5, 0.6) is 0 Å². The Morgan fingerprint density at radius 3 is 2.70 bits per heavy atom. The number of hydrogen-bond acceptors (Lipinski definition) is 2. The summed E-state index contributed by atoms with van der Waals surface area (Å²) in [5.41, 5.74) is 2.27. The summed E-state index contributed by atoms with van der Waals surface area (Å²) in [6.07, 6.45) is 7.09. The van der Waals surface area contributed by atoms with Crippen molar-refractivity contribution in [2.24, 2.45) is 0 Å². The molecule has 1 saturated carbocycles. The summed E-state index contributed by atoms with van der Waals surface area (Å²) in [4.78, 5) is 2.65. The number of halogens is 1. The molecule has 23 heavy (non-hydrogen) atoms. The van der Waals surface area contributed by atoms with Crippen molar-refractivity contribution >= 4 is 10.9 Å². The first kappa shape index (κ1) is 15.2. The first-order valence-electron chi connectivity index (χ1n) is 8.94. The molecule has 1 saturated heterocycles. The van der Waals surface area contributed by atoms with Crippen LogP contribution in [0.4, 0.5) is 4.39 Å². The topological polar surface area (TPSA) is 20.2 Å². The van der Waals surface area contributed by atoms with Gasteiger partial charge in [0.15, 0.2) is 0 Å². The highest BCUT2D eigenvalue weighted by Gasteiger charge is 2.29. The maximum absolute atomic E-state index is 14.1. The Morgan fingerprint density at radius 2 is 1.87 bits per heavy atom. The molecule has 4 rings (SSSR count). The van der Waals surface area contributed by atoms with E-state index in [4.69, 9.17) is 0 Å². The van der Waals surface area contributed by atoms with Gasteiger partial charge in [0.2, 0.25) is 0 Å². The molecule has 2 atom stereocenters. The summed E-state index contributed by atoms with van der Waals surface area (Å²) in [6.45, 7) is 6.64. The SMILES string of the molecule is Cc1ccc(F)c2ccn([C@@H]3CCC[C@@H](N4CCNCC4)C3)c12. The first-order chi connectivity index (χ1) is 11.2. The summed E-state index contributed by atoms with van der Waals surface area (Å²) in [5.74, 6) is -0.0983. The van der Waals surface area contributed by atoms with Crippen LogP contribution >= 0.6 is 0 Å². The van der Waals surface area contributed by atoms with Crippen LogP contribution in [0, 0.1) is 12.7 Å². The molecule has 124 valence electrons. The van der Waals surface area contributed by atoms with Gasteiger partial charge in [-0.1, -0.05) is 6.07 Å². The number of benzene rings is 1. The molecule has 3 nitrogen and oxygen atoms in total. The normalized spacial score (nSPS) is 26.7. The molecular weight excluding hydrogens is 289 g/mol. The number of aryl methyl sites for hydroxylation is 1. The van der Waals surface area contributed by atoms with Crippen LogP contribution in [0.2, 0.25) is 0 Å². The first-order valence-corrected chi connectivity index (χ1v) is 8.94. The second-order valence-electron chi connectivity index (χ2n) is 7.11. The van der Waals surface area contributed by atoms with Crippen molar-refractivity contribution in [1.82, 2.24) is 14.8 Å². The van der Waals surface area contributed by atoms with Crippen molar-refractivity contribution in [3.63, 3.8) is 0 Å². The van der Waals surface area contributed by atoms with E-state index in [1.807, 2.05) is 12.1 Å². The molecule has 0 radical (unpaired) electrons. The van der Waals surface area contributed by atoms with Gasteiger partial charge in [0.25, 0.3) is 0 Å². The lowest BCUT2D eigenvalue weighted by Crippen LogP contribution is -2.49. The van der Waals surface area contributed by atoms with Gasteiger partial charge in [0.05, 0.1) is 5.52 Å². The summed E-state index contributed by atoms with van der Waals surface area (Å²) in [7, 11) is 0. The Balaban J connectivity index is 1.61. The quantitative estimate of drug-likeness (QED) is 0.915. The monoisotopic (exact) mass is 315 g/mol. The summed E-state index contributed by atoms with van der Waals surface area (Å²) in [6, 6.07) is 6.63. The van der Waals surface area contributed by atoms with Gasteiger partial charge >= 0.3 is 0 Å². The minimum absolute atomic E-state index is 0.0983. The molecule has 1 aliphatic heterocycles. The van der Waals surface area contributed by atoms with E-state index in [1.54, 1.807) is 6.07 Å². The number of hydrogen-bond donors (Lipinski definition) is 1. The van der Waals surface area contributed by atoms with Gasteiger partial charge in [-0.15, -0.1) is 0 Å². The highest BCUT2D eigenvalue weighted by molar-refractivity contribution is 5.84. The van der Waals surface area contributed by atoms with Gasteiger partial charge in [0, 0.05) is 49.8 Å². The zero-order valence-electron chi connectivity index (χ0n) is 13.9. The fraction of sp³-hybridized carbons (Fsp3) is 0.579. The summed E-state index contributed by atoms with van der Waals surface area (Å²) in [5, 5.41) is 4.21. The molecule has 1 aromatic carbocycles. The Morgan fingerprint density at radius 1 is 1.09 bits per heavy atom. The van der Waals surface area contributed by atoms with E-state index >= 15 is 0 Å². The van der Waals surface area contributed by atoms with Gasteiger partial charge in [-0.25, -0.2) is 4.39 Å². The molecule has 0 bridgehead atoms. The predicted octanol–water partition coefficient (Wildman–Crippen LogP) is 3.48. The van der Waals surface area contributed by atoms with E-state index < -0.39 is 0 Å². The summed E-state index contributed by atoms with van der Waals surface area (Å²) < 4.78 is 16.4. The van der Waals surface area contributed by atoms with Gasteiger partial charge in [-0.05, 0) is 50.3 Å². The zero-order chi connectivity index (χ0) is 15.8. The van der Waals surface area contributed by atoms with Crippen molar-refractivity contribution in [3.05, 3.63) is 35.8 Å². The molecule has 0 unspecified atom stereocenters. The maximum Gasteiger partial charge on any atom is 0.132 e. The Bertz CT molecular complexity index is 687. The highest BCUT2D eigenvalue weighted by Crippen LogP contribution is 2.35. The largest absolute Gasteiger partial charge is 0.344 e. The third-order valence-electron chi connectivity index (χ3n) is 5.71. The van der Waals surface area contributed by atoms with E-state index in [0.29, 0.717) is 12.1 Å². The molecule has 4 heteroatoms. The van der Waals surface area contributed by atoms with E-state index in [0.717, 1.165) is 37.1 Å². The number of fused-ring (bicyclic) bond motifs is 1. The number of aromatic nitrogens is 1. The zero-order valence-corrected chi connectivity index (χ0v) is 13.9. The van der Waals surface area contributed by atoms with Crippen LogP contribution in [0.1, 0.15) is 37.3 Å². The minimum Gasteiger partial charge on any atom is -0.344 e. The van der Waals surface area contributed by atoms with Crippen LogP contribution in [-0.2, 0) is 0 Å². The van der Waals surface area contributed by atoms with Crippen LogP contribution < -0.4 is 5.32 Å². The van der Waals surface area contributed by atoms with Gasteiger partial charge in [-0.2, -0.15) is 0 Å². The van der Waals surface area contributed by atoms with Gasteiger partial charge < -0.3 is 9.88 Å². The third kappa shape index (κ3) is 2.79. The molecule has 1 aromatic heterocycles. The third-order valence-corrected chi connectivity index (χ3v) is 5.71. The van der Waals surface area contributed by atoms with E-state index in [9.17, 15) is 4.39 Å². The maximum atomic E-state index is 14.1. The highest BCUT2D eigenvalue weighted by atomic mass is 19.1. The number of piperazine rings is 1. The average molecular weight is 315 g/mol. The molecule has 1 aliphatic carbocycles. The predicted molar refractivity (Wildman–Crippen MR) is 92.4 cm³/mol. The van der Waals surface area contributed by atoms with Crippen molar-refractivity contribution in [2.45, 2.75) is 44.7 Å². The molecule has 0 spiro atoms. The Labute approximate surface area is 137 Å². The van der Waals surface area contributed by atoms with Crippen LogP contribution in [0.15, 0.2) is 24.4 Å². The van der Waals surface area contributed by atoms with Crippen LogP contribution in [-0.4, -0.2) is 41.7 Å². The minimum atomic E-state index is -0.0983. The lowest BCUT2D eigenvalue weighted by molar-refractivity contribution is 0.119. The molecule has 2 aliphatic rings. The lowest BCUT2D eigenvalue weighted by Gasteiger charge is -2.40. The van der Waals surface area contributed by atoms with E-state index in [1.165, 1.54) is 31.2 Å². The smallest absolute Gasteiger partial charge is 0.132 e. The van der Waals surface area contributed by atoms with E-state index in [2.05, 4.69) is 27.9 Å². The Kier molecular flexibility index (Phi) is 4.12. The van der Waals surface area contributed by atoms with Crippen LogP contribution in [0.3, 0.4) is 0 Å². The second-order valence-corrected chi connectivity index (χ2v) is 7.11. The molecule has 2 heterocycles. The number of nitrogens with one attached hydrogen (secondary N) is 1. The van der Waals surface area contributed by atoms with Crippen molar-refractivity contribution in [1.29, 1.82) is 0 Å². The molecule has 2 aromatic rings. The van der Waals surface area contributed by atoms with Crippen molar-refractivity contribution in [3.8, 4) is 0 Å².